The van der Waals surface area contributed by atoms with Crippen LogP contribution in [0.25, 0.3) is 0 Å². The summed E-state index contributed by atoms with van der Waals surface area (Å²) in [7, 11) is 4.27. The molecule has 3 N–H and O–H groups in total. The fourth-order valence-corrected chi connectivity index (χ4v) is 2.53. The molecule has 1 amide bonds. The van der Waals surface area contributed by atoms with Crippen LogP contribution >= 0.6 is 0 Å². The van der Waals surface area contributed by atoms with Gasteiger partial charge in [0.1, 0.15) is 5.82 Å². The number of pyridine rings is 1. The van der Waals surface area contributed by atoms with E-state index in [4.69, 9.17) is 5.73 Å². The standard InChI is InChI=1S/C15H25N5O/c1-11(16)15(21)18-14-5-4-13(10-17-14)20-8-6-12(7-9-20)19(2)3/h4-5,10-12H,6-9,16H2,1-3H3,(H,17,18,21)/t11-/m1/s1. The van der Waals surface area contributed by atoms with E-state index in [2.05, 4.69) is 34.2 Å². The third kappa shape index (κ3) is 4.15. The van der Waals surface area contributed by atoms with Gasteiger partial charge in [0.2, 0.25) is 5.91 Å². The Kier molecular flexibility index (Phi) is 5.14. The highest BCUT2D eigenvalue weighted by Crippen LogP contribution is 2.21. The van der Waals surface area contributed by atoms with Crippen molar-refractivity contribution in [3.63, 3.8) is 0 Å². The molecule has 1 saturated heterocycles. The summed E-state index contributed by atoms with van der Waals surface area (Å²) in [6.45, 7) is 3.73. The number of nitrogens with zero attached hydrogens (tertiary/aromatic N) is 3. The van der Waals surface area contributed by atoms with Gasteiger partial charge in [-0.15, -0.1) is 0 Å². The number of piperidine rings is 1. The van der Waals surface area contributed by atoms with E-state index in [1.807, 2.05) is 18.3 Å². The van der Waals surface area contributed by atoms with E-state index in [1.165, 1.54) is 0 Å². The fraction of sp³-hybridized carbons (Fsp3) is 0.600. The Labute approximate surface area is 126 Å². The second kappa shape index (κ2) is 6.87. The molecule has 21 heavy (non-hydrogen) atoms. The first-order valence-corrected chi connectivity index (χ1v) is 7.41. The average Bonchev–Trinajstić information content (AvgIpc) is 2.48. The van der Waals surface area contributed by atoms with E-state index >= 15 is 0 Å². The highest BCUT2D eigenvalue weighted by atomic mass is 16.2. The van der Waals surface area contributed by atoms with Crippen molar-refractivity contribution in [3.05, 3.63) is 18.3 Å². The van der Waals surface area contributed by atoms with Gasteiger partial charge in [-0.05, 0) is 46.0 Å². The minimum Gasteiger partial charge on any atom is -0.370 e. The fourth-order valence-electron chi connectivity index (χ4n) is 2.53. The molecule has 0 radical (unpaired) electrons. The summed E-state index contributed by atoms with van der Waals surface area (Å²) in [5.74, 6) is 0.325. The number of rotatable bonds is 4. The Balaban J connectivity index is 1.92. The number of hydrogen-bond donors (Lipinski definition) is 2. The summed E-state index contributed by atoms with van der Waals surface area (Å²) in [5, 5.41) is 2.69. The second-order valence-corrected chi connectivity index (χ2v) is 5.86. The number of carbonyl (C=O) groups excluding carboxylic acids is 1. The maximum Gasteiger partial charge on any atom is 0.242 e. The number of hydrogen-bond acceptors (Lipinski definition) is 5. The van der Waals surface area contributed by atoms with Crippen molar-refractivity contribution in [1.82, 2.24) is 9.88 Å². The Hall–Kier alpha value is -1.66. The van der Waals surface area contributed by atoms with Gasteiger partial charge in [-0.1, -0.05) is 0 Å². The highest BCUT2D eigenvalue weighted by molar-refractivity contribution is 5.93. The molecule has 0 bridgehead atoms. The molecular formula is C15H25N5O. The molecule has 1 aromatic heterocycles. The number of aromatic nitrogens is 1. The summed E-state index contributed by atoms with van der Waals surface area (Å²) in [6.07, 6.45) is 4.14. The van der Waals surface area contributed by atoms with Gasteiger partial charge in [-0.3, -0.25) is 4.79 Å². The monoisotopic (exact) mass is 291 g/mol. The average molecular weight is 291 g/mol. The van der Waals surface area contributed by atoms with E-state index in [1.54, 1.807) is 6.92 Å². The Bertz CT molecular complexity index is 463. The zero-order chi connectivity index (χ0) is 15.4. The van der Waals surface area contributed by atoms with Gasteiger partial charge in [-0.25, -0.2) is 4.98 Å². The third-order valence-corrected chi connectivity index (χ3v) is 3.97. The Morgan fingerprint density at radius 2 is 2.10 bits per heavy atom. The maximum atomic E-state index is 11.5. The normalized spacial score (nSPS) is 17.9. The van der Waals surface area contributed by atoms with E-state index in [0.29, 0.717) is 11.9 Å². The van der Waals surface area contributed by atoms with E-state index in [9.17, 15) is 4.79 Å². The van der Waals surface area contributed by atoms with Gasteiger partial charge in [0.05, 0.1) is 17.9 Å². The second-order valence-electron chi connectivity index (χ2n) is 5.86. The predicted molar refractivity (Wildman–Crippen MR) is 85.4 cm³/mol. The lowest BCUT2D eigenvalue weighted by atomic mass is 10.0. The number of amides is 1. The Morgan fingerprint density at radius 1 is 1.43 bits per heavy atom. The lowest BCUT2D eigenvalue weighted by Gasteiger charge is -2.36. The van der Waals surface area contributed by atoms with Crippen molar-refractivity contribution in [2.45, 2.75) is 31.8 Å². The predicted octanol–water partition coefficient (Wildman–Crippen LogP) is 0.898. The summed E-state index contributed by atoms with van der Waals surface area (Å²) < 4.78 is 0. The van der Waals surface area contributed by atoms with Gasteiger partial charge >= 0.3 is 0 Å². The highest BCUT2D eigenvalue weighted by Gasteiger charge is 2.20. The molecule has 0 saturated carbocycles. The molecule has 1 aliphatic heterocycles. The van der Waals surface area contributed by atoms with Gasteiger partial charge in [0.25, 0.3) is 0 Å². The van der Waals surface area contributed by atoms with Crippen LogP contribution in [0, 0.1) is 0 Å². The van der Waals surface area contributed by atoms with Gasteiger partial charge in [-0.2, -0.15) is 0 Å². The first-order valence-electron chi connectivity index (χ1n) is 7.41. The van der Waals surface area contributed by atoms with Crippen LogP contribution in [-0.2, 0) is 4.79 Å². The smallest absolute Gasteiger partial charge is 0.242 e. The molecule has 2 heterocycles. The van der Waals surface area contributed by atoms with Crippen LogP contribution in [-0.4, -0.2) is 55.1 Å². The number of anilines is 2. The van der Waals surface area contributed by atoms with Gasteiger partial charge < -0.3 is 20.9 Å². The molecule has 2 rings (SSSR count). The zero-order valence-corrected chi connectivity index (χ0v) is 13.0. The first kappa shape index (κ1) is 15.7. The van der Waals surface area contributed by atoms with Crippen molar-refractivity contribution >= 4 is 17.4 Å². The molecule has 0 spiro atoms. The van der Waals surface area contributed by atoms with Crippen LogP contribution in [0.1, 0.15) is 19.8 Å². The molecule has 0 aliphatic carbocycles. The van der Waals surface area contributed by atoms with Crippen LogP contribution in [0.2, 0.25) is 0 Å². The number of nitrogens with two attached hydrogens (primary N) is 1. The summed E-state index contributed by atoms with van der Waals surface area (Å²) in [4.78, 5) is 20.4. The summed E-state index contributed by atoms with van der Waals surface area (Å²) in [5.41, 5.74) is 6.62. The molecule has 1 fully saturated rings. The Morgan fingerprint density at radius 3 is 2.57 bits per heavy atom. The van der Waals surface area contributed by atoms with Crippen LogP contribution in [0.15, 0.2) is 18.3 Å². The number of nitrogens with one attached hydrogen (secondary N) is 1. The summed E-state index contributed by atoms with van der Waals surface area (Å²) in [6, 6.07) is 3.96. The number of carbonyl (C=O) groups is 1. The van der Waals surface area contributed by atoms with Crippen molar-refractivity contribution < 1.29 is 4.79 Å². The molecule has 1 aromatic rings. The quantitative estimate of drug-likeness (QED) is 0.862. The van der Waals surface area contributed by atoms with Crippen molar-refractivity contribution in [2.24, 2.45) is 5.73 Å². The largest absolute Gasteiger partial charge is 0.370 e. The van der Waals surface area contributed by atoms with Gasteiger partial charge in [0.15, 0.2) is 0 Å². The molecule has 116 valence electrons. The van der Waals surface area contributed by atoms with Crippen LogP contribution in [0.3, 0.4) is 0 Å². The van der Waals surface area contributed by atoms with Crippen LogP contribution < -0.4 is 16.0 Å². The lowest BCUT2D eigenvalue weighted by molar-refractivity contribution is -0.117. The molecule has 1 aliphatic rings. The molecule has 6 nitrogen and oxygen atoms in total. The van der Waals surface area contributed by atoms with Gasteiger partial charge in [0, 0.05) is 19.1 Å². The molecule has 1 atom stereocenters. The van der Waals surface area contributed by atoms with Crippen LogP contribution in [0.5, 0.6) is 0 Å². The lowest BCUT2D eigenvalue weighted by Crippen LogP contribution is -2.42. The zero-order valence-electron chi connectivity index (χ0n) is 13.0. The van der Waals surface area contributed by atoms with Crippen molar-refractivity contribution in [1.29, 1.82) is 0 Å². The van der Waals surface area contributed by atoms with E-state index in [-0.39, 0.29) is 5.91 Å². The molecule has 0 aromatic carbocycles. The first-order chi connectivity index (χ1) is 9.97. The maximum absolute atomic E-state index is 11.5. The van der Waals surface area contributed by atoms with Crippen molar-refractivity contribution in [3.8, 4) is 0 Å². The minimum atomic E-state index is -0.531. The van der Waals surface area contributed by atoms with E-state index in [0.717, 1.165) is 31.6 Å². The SMILES string of the molecule is C[C@@H](N)C(=O)Nc1ccc(N2CCC(N(C)C)CC2)cn1. The van der Waals surface area contributed by atoms with Crippen molar-refractivity contribution in [2.75, 3.05) is 37.4 Å². The molecular weight excluding hydrogens is 266 g/mol. The van der Waals surface area contributed by atoms with E-state index < -0.39 is 6.04 Å². The topological polar surface area (TPSA) is 74.5 Å². The minimum absolute atomic E-state index is 0.220. The van der Waals surface area contributed by atoms with Crippen LogP contribution in [0.4, 0.5) is 11.5 Å². The summed E-state index contributed by atoms with van der Waals surface area (Å²) >= 11 is 0. The molecule has 0 unspecified atom stereocenters. The molecule has 6 heteroatoms. The third-order valence-electron chi connectivity index (χ3n) is 3.97.